The zero-order valence-corrected chi connectivity index (χ0v) is 13.5. The Balaban J connectivity index is 2.62. The van der Waals surface area contributed by atoms with Crippen molar-refractivity contribution in [3.8, 4) is 0 Å². The van der Waals surface area contributed by atoms with Crippen LogP contribution in [0.3, 0.4) is 0 Å². The van der Waals surface area contributed by atoms with Crippen molar-refractivity contribution in [1.29, 1.82) is 0 Å². The number of carbonyl (C=O) groups is 1. The number of nitrogens with zero attached hydrogens (tertiary/aromatic N) is 1. The first-order valence-electron chi connectivity index (χ1n) is 6.75. The van der Waals surface area contributed by atoms with Gasteiger partial charge in [-0.05, 0) is 19.1 Å². The molecule has 0 bridgehead atoms. The summed E-state index contributed by atoms with van der Waals surface area (Å²) in [7, 11) is -0.206. The molecule has 0 aromatic heterocycles. The molecule has 22 heavy (non-hydrogen) atoms. The van der Waals surface area contributed by atoms with Gasteiger partial charge in [-0.3, -0.25) is 4.79 Å². The van der Waals surface area contributed by atoms with Crippen LogP contribution in [0.25, 0.3) is 10.8 Å². The molecule has 1 atom stereocenters. The second-order valence-electron chi connectivity index (χ2n) is 5.28. The van der Waals surface area contributed by atoms with Crippen molar-refractivity contribution >= 4 is 32.4 Å². The van der Waals surface area contributed by atoms with Gasteiger partial charge in [0.1, 0.15) is 0 Å². The van der Waals surface area contributed by atoms with Gasteiger partial charge >= 0.3 is 0 Å². The van der Waals surface area contributed by atoms with E-state index in [2.05, 4.69) is 0 Å². The third kappa shape index (κ3) is 3.05. The van der Waals surface area contributed by atoms with Crippen LogP contribution in [0.1, 0.15) is 6.92 Å². The highest BCUT2D eigenvalue weighted by Gasteiger charge is 2.22. The average Bonchev–Trinajstić information content (AvgIpc) is 2.45. The van der Waals surface area contributed by atoms with E-state index in [-0.39, 0.29) is 4.90 Å². The maximum atomic E-state index is 12.4. The van der Waals surface area contributed by atoms with Crippen molar-refractivity contribution in [1.82, 2.24) is 4.72 Å². The Labute approximate surface area is 130 Å². The van der Waals surface area contributed by atoms with Crippen LogP contribution in [0, 0.1) is 0 Å². The van der Waals surface area contributed by atoms with Gasteiger partial charge in [-0.2, -0.15) is 0 Å². The molecule has 0 aliphatic carbocycles. The van der Waals surface area contributed by atoms with Gasteiger partial charge in [0, 0.05) is 30.6 Å². The number of hydrogen-bond donors (Lipinski definition) is 2. The first-order valence-corrected chi connectivity index (χ1v) is 8.23. The molecule has 0 heterocycles. The lowest BCUT2D eigenvalue weighted by Crippen LogP contribution is -2.41. The third-order valence-electron chi connectivity index (χ3n) is 3.28. The molecule has 3 N–H and O–H groups in total. The maximum absolute atomic E-state index is 12.4. The Bertz CT molecular complexity index is 814. The average molecular weight is 321 g/mol. The molecule has 0 fully saturated rings. The summed E-state index contributed by atoms with van der Waals surface area (Å²) in [6.07, 6.45) is 0. The fourth-order valence-corrected chi connectivity index (χ4v) is 3.46. The quantitative estimate of drug-likeness (QED) is 0.878. The summed E-state index contributed by atoms with van der Waals surface area (Å²) < 4.78 is 26.9. The smallest absolute Gasteiger partial charge is 0.264 e. The predicted molar refractivity (Wildman–Crippen MR) is 87.3 cm³/mol. The van der Waals surface area contributed by atoms with Crippen molar-refractivity contribution < 1.29 is 13.2 Å². The second kappa shape index (κ2) is 5.94. The van der Waals surface area contributed by atoms with E-state index in [9.17, 15) is 13.2 Å². The van der Waals surface area contributed by atoms with Crippen LogP contribution in [0.5, 0.6) is 0 Å². The molecule has 2 aromatic rings. The third-order valence-corrected chi connectivity index (χ3v) is 4.68. The van der Waals surface area contributed by atoms with E-state index in [0.717, 1.165) is 11.1 Å². The van der Waals surface area contributed by atoms with Crippen LogP contribution in [-0.4, -0.2) is 34.5 Å². The van der Waals surface area contributed by atoms with Gasteiger partial charge in [0.15, 0.2) is 0 Å². The van der Waals surface area contributed by atoms with E-state index in [1.54, 1.807) is 18.2 Å². The highest BCUT2D eigenvalue weighted by molar-refractivity contribution is 7.90. The van der Waals surface area contributed by atoms with E-state index in [1.807, 2.05) is 35.9 Å². The van der Waals surface area contributed by atoms with Crippen molar-refractivity contribution in [2.45, 2.75) is 17.9 Å². The number of hydrogen-bond acceptors (Lipinski definition) is 5. The van der Waals surface area contributed by atoms with Crippen LogP contribution >= 0.6 is 0 Å². The molecular weight excluding hydrogens is 302 g/mol. The van der Waals surface area contributed by atoms with Crippen molar-refractivity contribution in [2.24, 2.45) is 5.73 Å². The molecule has 0 unspecified atom stereocenters. The number of benzene rings is 2. The highest BCUT2D eigenvalue weighted by Crippen LogP contribution is 2.30. The molecule has 2 rings (SSSR count). The molecule has 118 valence electrons. The van der Waals surface area contributed by atoms with E-state index in [0.29, 0.717) is 5.39 Å². The Kier molecular flexibility index (Phi) is 4.39. The van der Waals surface area contributed by atoms with E-state index < -0.39 is 22.0 Å². The minimum absolute atomic E-state index is 0.0581. The SMILES string of the molecule is C[C@H](N)C(=O)NS(=O)(=O)c1cccc2c(N(C)C)cccc12. The fraction of sp³-hybridized carbons (Fsp3) is 0.267. The summed E-state index contributed by atoms with van der Waals surface area (Å²) in [5.41, 5.74) is 6.31. The van der Waals surface area contributed by atoms with Gasteiger partial charge in [-0.1, -0.05) is 24.3 Å². The normalized spacial score (nSPS) is 12.9. The van der Waals surface area contributed by atoms with Gasteiger partial charge < -0.3 is 10.6 Å². The number of nitrogens with one attached hydrogen (secondary N) is 1. The molecule has 0 aliphatic heterocycles. The van der Waals surface area contributed by atoms with E-state index >= 15 is 0 Å². The monoisotopic (exact) mass is 321 g/mol. The van der Waals surface area contributed by atoms with Crippen LogP contribution in [0.4, 0.5) is 5.69 Å². The molecule has 1 amide bonds. The first kappa shape index (κ1) is 16.3. The molecule has 7 heteroatoms. The number of anilines is 1. The van der Waals surface area contributed by atoms with Gasteiger partial charge in [0.05, 0.1) is 10.9 Å². The van der Waals surface area contributed by atoms with Crippen LogP contribution in [-0.2, 0) is 14.8 Å². The summed E-state index contributed by atoms with van der Waals surface area (Å²) in [4.78, 5) is 13.6. The summed E-state index contributed by atoms with van der Waals surface area (Å²) in [6, 6.07) is 9.47. The second-order valence-corrected chi connectivity index (χ2v) is 6.93. The van der Waals surface area contributed by atoms with Crippen LogP contribution in [0.15, 0.2) is 41.3 Å². The van der Waals surface area contributed by atoms with Gasteiger partial charge in [-0.25, -0.2) is 13.1 Å². The largest absolute Gasteiger partial charge is 0.377 e. The van der Waals surface area contributed by atoms with Gasteiger partial charge in [0.25, 0.3) is 10.0 Å². The molecule has 0 radical (unpaired) electrons. The maximum Gasteiger partial charge on any atom is 0.264 e. The molecule has 0 saturated heterocycles. The fourth-order valence-electron chi connectivity index (χ4n) is 2.17. The van der Waals surface area contributed by atoms with Crippen LogP contribution in [0.2, 0.25) is 0 Å². The van der Waals surface area contributed by atoms with Crippen molar-refractivity contribution in [3.63, 3.8) is 0 Å². The minimum atomic E-state index is -3.97. The summed E-state index contributed by atoms with van der Waals surface area (Å²) >= 11 is 0. The predicted octanol–water partition coefficient (Wildman–Crippen LogP) is 1.06. The van der Waals surface area contributed by atoms with Gasteiger partial charge in [0.2, 0.25) is 5.91 Å². The van der Waals surface area contributed by atoms with Crippen molar-refractivity contribution in [2.75, 3.05) is 19.0 Å². The Morgan fingerprint density at radius 1 is 1.14 bits per heavy atom. The summed E-state index contributed by atoms with van der Waals surface area (Å²) in [5.74, 6) is -0.735. The topological polar surface area (TPSA) is 92.5 Å². The summed E-state index contributed by atoms with van der Waals surface area (Å²) in [5, 5.41) is 1.35. The number of rotatable bonds is 4. The van der Waals surface area contributed by atoms with Crippen molar-refractivity contribution in [3.05, 3.63) is 36.4 Å². The lowest BCUT2D eigenvalue weighted by Gasteiger charge is -2.17. The molecule has 0 saturated carbocycles. The zero-order valence-electron chi connectivity index (χ0n) is 12.7. The molecule has 0 spiro atoms. The Hall–Kier alpha value is -2.12. The van der Waals surface area contributed by atoms with E-state index in [4.69, 9.17) is 5.73 Å². The van der Waals surface area contributed by atoms with E-state index in [1.165, 1.54) is 13.0 Å². The Morgan fingerprint density at radius 2 is 1.73 bits per heavy atom. The zero-order chi connectivity index (χ0) is 16.5. The number of nitrogens with two attached hydrogens (primary N) is 1. The number of fused-ring (bicyclic) bond motifs is 1. The molecule has 6 nitrogen and oxygen atoms in total. The summed E-state index contributed by atoms with van der Waals surface area (Å²) in [6.45, 7) is 1.43. The standard InChI is InChI=1S/C15H19N3O3S/c1-10(16)15(19)17-22(20,21)14-9-5-6-11-12(14)7-4-8-13(11)18(2)3/h4-10H,16H2,1-3H3,(H,17,19)/t10-/m0/s1. The minimum Gasteiger partial charge on any atom is -0.377 e. The van der Waals surface area contributed by atoms with Crippen LogP contribution < -0.4 is 15.4 Å². The highest BCUT2D eigenvalue weighted by atomic mass is 32.2. The lowest BCUT2D eigenvalue weighted by molar-refractivity contribution is -0.120. The molecule has 0 aliphatic rings. The van der Waals surface area contributed by atoms with Gasteiger partial charge in [-0.15, -0.1) is 0 Å². The molecule has 2 aromatic carbocycles. The molecular formula is C15H19N3O3S. The number of carbonyl (C=O) groups excluding carboxylic acids is 1. The number of sulfonamides is 1. The number of amides is 1. The first-order chi connectivity index (χ1) is 10.2. The lowest BCUT2D eigenvalue weighted by atomic mass is 10.1. The Morgan fingerprint density at radius 3 is 2.32 bits per heavy atom.